The zero-order chi connectivity index (χ0) is 12.3. The highest BCUT2D eigenvalue weighted by Crippen LogP contribution is 2.29. The zero-order valence-electron chi connectivity index (χ0n) is 9.86. The van der Waals surface area contributed by atoms with Crippen molar-refractivity contribution in [2.75, 3.05) is 0 Å². The summed E-state index contributed by atoms with van der Waals surface area (Å²) in [6, 6.07) is 5.71. The van der Waals surface area contributed by atoms with Gasteiger partial charge in [0.05, 0.1) is 11.6 Å². The Hall–Kier alpha value is -1.89. The van der Waals surface area contributed by atoms with Crippen molar-refractivity contribution < 1.29 is 4.79 Å². The van der Waals surface area contributed by atoms with Crippen LogP contribution in [-0.4, -0.2) is 16.4 Å². The first-order chi connectivity index (χ1) is 8.17. The van der Waals surface area contributed by atoms with Crippen LogP contribution in [-0.2, 0) is 0 Å². The molecule has 1 aliphatic carbocycles. The molecule has 0 radical (unpaired) electrons. The molecule has 1 amide bonds. The molecule has 88 valence electrons. The van der Waals surface area contributed by atoms with E-state index in [0.717, 1.165) is 25.7 Å². The van der Waals surface area contributed by atoms with Gasteiger partial charge < -0.3 is 5.32 Å². The number of rotatable bonds is 2. The quantitative estimate of drug-likeness (QED) is 0.843. The van der Waals surface area contributed by atoms with Gasteiger partial charge in [-0.25, -0.2) is 0 Å². The average Bonchev–Trinajstić information content (AvgIpc) is 2.79. The van der Waals surface area contributed by atoms with E-state index in [0.29, 0.717) is 11.3 Å². The smallest absolute Gasteiger partial charge is 0.254 e. The molecule has 0 saturated heterocycles. The fourth-order valence-electron chi connectivity index (χ4n) is 2.25. The van der Waals surface area contributed by atoms with E-state index in [1.54, 1.807) is 25.3 Å². The van der Waals surface area contributed by atoms with Crippen LogP contribution in [0, 0.1) is 18.3 Å². The van der Waals surface area contributed by atoms with E-state index in [9.17, 15) is 10.1 Å². The largest absolute Gasteiger partial charge is 0.334 e. The SMILES string of the molecule is Cc1ncccc1C(=O)NC1(C#N)CCCC1. The predicted molar refractivity (Wildman–Crippen MR) is 63.3 cm³/mol. The molecule has 1 heterocycles. The van der Waals surface area contributed by atoms with Crippen molar-refractivity contribution in [3.8, 4) is 6.07 Å². The minimum absolute atomic E-state index is 0.195. The highest BCUT2D eigenvalue weighted by Gasteiger charge is 2.35. The van der Waals surface area contributed by atoms with E-state index >= 15 is 0 Å². The number of hydrogen-bond donors (Lipinski definition) is 1. The second kappa shape index (κ2) is 4.54. The average molecular weight is 229 g/mol. The molecule has 0 unspecified atom stereocenters. The third-order valence-corrected chi connectivity index (χ3v) is 3.28. The van der Waals surface area contributed by atoms with Crippen LogP contribution in [0.1, 0.15) is 41.7 Å². The second-order valence-corrected chi connectivity index (χ2v) is 4.49. The van der Waals surface area contributed by atoms with Crippen molar-refractivity contribution in [3.05, 3.63) is 29.6 Å². The van der Waals surface area contributed by atoms with E-state index < -0.39 is 5.54 Å². The van der Waals surface area contributed by atoms with Gasteiger partial charge in [-0.05, 0) is 44.7 Å². The summed E-state index contributed by atoms with van der Waals surface area (Å²) < 4.78 is 0. The van der Waals surface area contributed by atoms with Gasteiger partial charge in [-0.1, -0.05) is 0 Å². The third kappa shape index (κ3) is 2.28. The van der Waals surface area contributed by atoms with Gasteiger partial charge in [0.1, 0.15) is 5.54 Å². The molecular formula is C13H15N3O. The van der Waals surface area contributed by atoms with Crippen LogP contribution in [0.4, 0.5) is 0 Å². The van der Waals surface area contributed by atoms with E-state index in [-0.39, 0.29) is 5.91 Å². The molecule has 1 saturated carbocycles. The lowest BCUT2D eigenvalue weighted by Gasteiger charge is -2.22. The number of hydrogen-bond acceptors (Lipinski definition) is 3. The molecule has 0 spiro atoms. The van der Waals surface area contributed by atoms with Crippen LogP contribution in [0.5, 0.6) is 0 Å². The van der Waals surface area contributed by atoms with Gasteiger partial charge in [-0.2, -0.15) is 5.26 Å². The lowest BCUT2D eigenvalue weighted by atomic mass is 9.99. The van der Waals surface area contributed by atoms with Gasteiger partial charge in [-0.15, -0.1) is 0 Å². The normalized spacial score (nSPS) is 17.4. The van der Waals surface area contributed by atoms with Gasteiger partial charge in [0.25, 0.3) is 5.91 Å². The molecule has 0 aromatic carbocycles. The van der Waals surface area contributed by atoms with Crippen LogP contribution >= 0.6 is 0 Å². The second-order valence-electron chi connectivity index (χ2n) is 4.49. The summed E-state index contributed by atoms with van der Waals surface area (Å²) in [6.07, 6.45) is 5.14. The highest BCUT2D eigenvalue weighted by molar-refractivity contribution is 5.95. The fraction of sp³-hybridized carbons (Fsp3) is 0.462. The van der Waals surface area contributed by atoms with Gasteiger partial charge in [-0.3, -0.25) is 9.78 Å². The summed E-state index contributed by atoms with van der Waals surface area (Å²) in [6.45, 7) is 1.79. The van der Waals surface area contributed by atoms with E-state index in [1.165, 1.54) is 0 Å². The predicted octanol–water partition coefficient (Wildman–Crippen LogP) is 1.96. The molecule has 0 atom stereocenters. The third-order valence-electron chi connectivity index (χ3n) is 3.28. The summed E-state index contributed by atoms with van der Waals surface area (Å²) in [5.41, 5.74) is 0.574. The molecular weight excluding hydrogens is 214 g/mol. The molecule has 0 aliphatic heterocycles. The Balaban J connectivity index is 2.17. The first-order valence-corrected chi connectivity index (χ1v) is 5.82. The number of nitrogens with zero attached hydrogens (tertiary/aromatic N) is 2. The van der Waals surface area contributed by atoms with Crippen molar-refractivity contribution in [1.82, 2.24) is 10.3 Å². The lowest BCUT2D eigenvalue weighted by molar-refractivity contribution is 0.0919. The van der Waals surface area contributed by atoms with Crippen molar-refractivity contribution in [2.24, 2.45) is 0 Å². The molecule has 4 nitrogen and oxygen atoms in total. The Bertz CT molecular complexity index is 470. The van der Waals surface area contributed by atoms with Crippen LogP contribution in [0.25, 0.3) is 0 Å². The Morgan fingerprint density at radius 1 is 1.53 bits per heavy atom. The topological polar surface area (TPSA) is 65.8 Å². The Labute approximate surface area is 101 Å². The van der Waals surface area contributed by atoms with Gasteiger partial charge in [0.15, 0.2) is 0 Å². The summed E-state index contributed by atoms with van der Waals surface area (Å²) >= 11 is 0. The van der Waals surface area contributed by atoms with Crippen molar-refractivity contribution in [3.63, 3.8) is 0 Å². The maximum absolute atomic E-state index is 12.1. The number of pyridine rings is 1. The Kier molecular flexibility index (Phi) is 3.10. The van der Waals surface area contributed by atoms with Gasteiger partial charge in [0, 0.05) is 11.9 Å². The molecule has 4 heteroatoms. The first-order valence-electron chi connectivity index (χ1n) is 5.82. The van der Waals surface area contributed by atoms with Crippen molar-refractivity contribution >= 4 is 5.91 Å². The molecule has 1 fully saturated rings. The maximum atomic E-state index is 12.1. The Morgan fingerprint density at radius 2 is 2.24 bits per heavy atom. The van der Waals surface area contributed by atoms with E-state index in [1.807, 2.05) is 0 Å². The first kappa shape index (κ1) is 11.6. The number of nitriles is 1. The molecule has 1 N–H and O–H groups in total. The number of aryl methyl sites for hydroxylation is 1. The van der Waals surface area contributed by atoms with E-state index in [2.05, 4.69) is 16.4 Å². The molecule has 17 heavy (non-hydrogen) atoms. The summed E-state index contributed by atoms with van der Waals surface area (Å²) in [5.74, 6) is -0.195. The maximum Gasteiger partial charge on any atom is 0.254 e. The molecule has 1 aliphatic rings. The molecule has 0 bridgehead atoms. The fourth-order valence-corrected chi connectivity index (χ4v) is 2.25. The molecule has 1 aromatic rings. The molecule has 1 aromatic heterocycles. The Morgan fingerprint density at radius 3 is 2.82 bits per heavy atom. The van der Waals surface area contributed by atoms with Gasteiger partial charge in [0.2, 0.25) is 0 Å². The standard InChI is InChI=1S/C13H15N3O/c1-10-11(5-4-8-15-10)12(17)16-13(9-14)6-2-3-7-13/h4-5,8H,2-3,6-7H2,1H3,(H,16,17). The van der Waals surface area contributed by atoms with Crippen LogP contribution in [0.3, 0.4) is 0 Å². The minimum atomic E-state index is -0.667. The number of amides is 1. The van der Waals surface area contributed by atoms with Crippen molar-refractivity contribution in [2.45, 2.75) is 38.1 Å². The molecule has 2 rings (SSSR count). The summed E-state index contributed by atoms with van der Waals surface area (Å²) in [7, 11) is 0. The minimum Gasteiger partial charge on any atom is -0.334 e. The highest BCUT2D eigenvalue weighted by atomic mass is 16.1. The van der Waals surface area contributed by atoms with Crippen molar-refractivity contribution in [1.29, 1.82) is 5.26 Å². The number of carbonyl (C=O) groups excluding carboxylic acids is 1. The summed E-state index contributed by atoms with van der Waals surface area (Å²) in [5, 5.41) is 12.1. The van der Waals surface area contributed by atoms with E-state index in [4.69, 9.17) is 0 Å². The summed E-state index contributed by atoms with van der Waals surface area (Å²) in [4.78, 5) is 16.2. The van der Waals surface area contributed by atoms with Crippen LogP contribution < -0.4 is 5.32 Å². The van der Waals surface area contributed by atoms with Crippen LogP contribution in [0.2, 0.25) is 0 Å². The lowest BCUT2D eigenvalue weighted by Crippen LogP contribution is -2.45. The van der Waals surface area contributed by atoms with Crippen LogP contribution in [0.15, 0.2) is 18.3 Å². The monoisotopic (exact) mass is 229 g/mol. The number of nitrogens with one attached hydrogen (secondary N) is 1. The number of carbonyl (C=O) groups is 1. The van der Waals surface area contributed by atoms with Gasteiger partial charge >= 0.3 is 0 Å². The number of aromatic nitrogens is 1. The zero-order valence-corrected chi connectivity index (χ0v) is 9.86.